The summed E-state index contributed by atoms with van der Waals surface area (Å²) >= 11 is 1.26. The van der Waals surface area contributed by atoms with Crippen molar-refractivity contribution in [1.29, 1.82) is 0 Å². The molecular formula is C24H25N5O3S2. The zero-order valence-electron chi connectivity index (χ0n) is 18.9. The van der Waals surface area contributed by atoms with Crippen molar-refractivity contribution in [2.75, 3.05) is 21.6 Å². The van der Waals surface area contributed by atoms with E-state index in [-0.39, 0.29) is 18.2 Å². The zero-order chi connectivity index (χ0) is 24.1. The summed E-state index contributed by atoms with van der Waals surface area (Å²) in [6.07, 6.45) is 1.17. The summed E-state index contributed by atoms with van der Waals surface area (Å²) in [6, 6.07) is 22.6. The number of nitrogens with zero attached hydrogens (tertiary/aromatic N) is 4. The average Bonchev–Trinajstić information content (AvgIpc) is 3.22. The van der Waals surface area contributed by atoms with Crippen LogP contribution < -0.4 is 9.62 Å². The van der Waals surface area contributed by atoms with Crippen molar-refractivity contribution in [2.45, 2.75) is 25.2 Å². The van der Waals surface area contributed by atoms with E-state index in [1.54, 1.807) is 24.3 Å². The van der Waals surface area contributed by atoms with Gasteiger partial charge in [-0.3, -0.25) is 9.10 Å². The molecule has 8 nitrogen and oxygen atoms in total. The van der Waals surface area contributed by atoms with Gasteiger partial charge in [0, 0.05) is 12.2 Å². The molecule has 0 saturated heterocycles. The van der Waals surface area contributed by atoms with Crippen LogP contribution in [0.15, 0.2) is 78.0 Å². The van der Waals surface area contributed by atoms with Crippen molar-refractivity contribution in [3.63, 3.8) is 0 Å². The Balaban J connectivity index is 1.45. The first kappa shape index (κ1) is 23.8. The lowest BCUT2D eigenvalue weighted by molar-refractivity contribution is -0.113. The van der Waals surface area contributed by atoms with E-state index in [9.17, 15) is 13.2 Å². The van der Waals surface area contributed by atoms with Gasteiger partial charge in [0.1, 0.15) is 0 Å². The molecule has 0 bridgehead atoms. The van der Waals surface area contributed by atoms with Crippen LogP contribution in [0.3, 0.4) is 0 Å². The molecule has 0 radical (unpaired) electrons. The summed E-state index contributed by atoms with van der Waals surface area (Å²) < 4.78 is 28.0. The molecule has 0 saturated carbocycles. The summed E-state index contributed by atoms with van der Waals surface area (Å²) in [4.78, 5) is 12.5. The molecule has 1 amide bonds. The maximum atomic E-state index is 12.5. The molecule has 1 N–H and O–H groups in total. The third-order valence-electron chi connectivity index (χ3n) is 5.20. The second kappa shape index (κ2) is 10.3. The van der Waals surface area contributed by atoms with E-state index in [1.807, 2.05) is 60.0 Å². The molecule has 3 aromatic carbocycles. The van der Waals surface area contributed by atoms with Gasteiger partial charge in [0.25, 0.3) is 0 Å². The first-order valence-electron chi connectivity index (χ1n) is 10.7. The molecule has 1 heterocycles. The van der Waals surface area contributed by atoms with Gasteiger partial charge in [0.05, 0.1) is 24.2 Å². The molecule has 0 fully saturated rings. The molecule has 0 aliphatic carbocycles. The molecule has 0 aliphatic heterocycles. The van der Waals surface area contributed by atoms with E-state index >= 15 is 0 Å². The third-order valence-corrected chi connectivity index (χ3v) is 7.31. The standard InChI is InChI=1S/C24H25N5O3S2/c1-3-28-22(16-29(34(2,31)32)21-11-5-4-6-12-21)26-27-24(28)33-17-23(30)25-20-14-13-18-9-7-8-10-19(18)15-20/h4-15H,3,16-17H2,1-2H3,(H,25,30). The van der Waals surface area contributed by atoms with E-state index in [1.165, 1.54) is 22.3 Å². The van der Waals surface area contributed by atoms with Crippen molar-refractivity contribution < 1.29 is 13.2 Å². The first-order chi connectivity index (χ1) is 16.3. The van der Waals surface area contributed by atoms with Crippen molar-refractivity contribution >= 4 is 49.8 Å². The predicted octanol–water partition coefficient (Wildman–Crippen LogP) is 4.15. The number of aromatic nitrogens is 3. The fourth-order valence-electron chi connectivity index (χ4n) is 3.58. The minimum Gasteiger partial charge on any atom is -0.325 e. The Morgan fingerprint density at radius 3 is 2.41 bits per heavy atom. The fraction of sp³-hybridized carbons (Fsp3) is 0.208. The molecule has 34 heavy (non-hydrogen) atoms. The normalized spacial score (nSPS) is 11.5. The highest BCUT2D eigenvalue weighted by Gasteiger charge is 2.22. The smallest absolute Gasteiger partial charge is 0.234 e. The topological polar surface area (TPSA) is 97.2 Å². The number of benzene rings is 3. The number of nitrogens with one attached hydrogen (secondary N) is 1. The number of rotatable bonds is 9. The zero-order valence-corrected chi connectivity index (χ0v) is 20.5. The van der Waals surface area contributed by atoms with Gasteiger partial charge in [-0.15, -0.1) is 10.2 Å². The maximum absolute atomic E-state index is 12.5. The lowest BCUT2D eigenvalue weighted by atomic mass is 10.1. The van der Waals surface area contributed by atoms with Crippen LogP contribution in [-0.2, 0) is 27.9 Å². The van der Waals surface area contributed by atoms with E-state index in [4.69, 9.17) is 0 Å². The van der Waals surface area contributed by atoms with Gasteiger partial charge in [0.2, 0.25) is 15.9 Å². The van der Waals surface area contributed by atoms with Crippen LogP contribution in [-0.4, -0.2) is 41.1 Å². The highest BCUT2D eigenvalue weighted by atomic mass is 32.2. The molecule has 176 valence electrons. The Labute approximate surface area is 203 Å². The average molecular weight is 496 g/mol. The molecule has 0 aliphatic rings. The summed E-state index contributed by atoms with van der Waals surface area (Å²) in [7, 11) is -3.53. The van der Waals surface area contributed by atoms with Gasteiger partial charge in [-0.2, -0.15) is 0 Å². The molecule has 0 spiro atoms. The van der Waals surface area contributed by atoms with Crippen LogP contribution in [0.2, 0.25) is 0 Å². The Morgan fingerprint density at radius 2 is 1.71 bits per heavy atom. The SMILES string of the molecule is CCn1c(CN(c2ccccc2)S(C)(=O)=O)nnc1SCC(=O)Nc1ccc2ccccc2c1. The fourth-order valence-corrected chi connectivity index (χ4v) is 5.25. The lowest BCUT2D eigenvalue weighted by Crippen LogP contribution is -2.30. The Hall–Kier alpha value is -3.37. The van der Waals surface area contributed by atoms with E-state index in [0.717, 1.165) is 16.5 Å². The minimum atomic E-state index is -3.53. The van der Waals surface area contributed by atoms with E-state index < -0.39 is 10.0 Å². The largest absolute Gasteiger partial charge is 0.325 e. The summed E-state index contributed by atoms with van der Waals surface area (Å²) in [6.45, 7) is 2.52. The highest BCUT2D eigenvalue weighted by molar-refractivity contribution is 7.99. The second-order valence-electron chi connectivity index (χ2n) is 7.65. The number of hydrogen-bond donors (Lipinski definition) is 1. The van der Waals surface area contributed by atoms with Gasteiger partial charge in [0.15, 0.2) is 11.0 Å². The molecule has 4 rings (SSSR count). The molecule has 10 heteroatoms. The Kier molecular flexibility index (Phi) is 7.18. The number of thioether (sulfide) groups is 1. The number of fused-ring (bicyclic) bond motifs is 1. The van der Waals surface area contributed by atoms with Crippen molar-refractivity contribution in [2.24, 2.45) is 0 Å². The summed E-state index contributed by atoms with van der Waals surface area (Å²) in [5, 5.41) is 14.1. The van der Waals surface area contributed by atoms with Crippen molar-refractivity contribution in [3.05, 3.63) is 78.6 Å². The molecule has 1 aromatic heterocycles. The monoisotopic (exact) mass is 495 g/mol. The van der Waals surface area contributed by atoms with Crippen LogP contribution in [0.4, 0.5) is 11.4 Å². The van der Waals surface area contributed by atoms with Gasteiger partial charge in [-0.25, -0.2) is 8.42 Å². The Bertz CT molecular complexity index is 1400. The van der Waals surface area contributed by atoms with Crippen LogP contribution in [0.25, 0.3) is 10.8 Å². The maximum Gasteiger partial charge on any atom is 0.234 e. The van der Waals surface area contributed by atoms with Crippen molar-refractivity contribution in [1.82, 2.24) is 14.8 Å². The van der Waals surface area contributed by atoms with Gasteiger partial charge in [-0.1, -0.05) is 60.3 Å². The van der Waals surface area contributed by atoms with Crippen LogP contribution >= 0.6 is 11.8 Å². The molecule has 0 unspecified atom stereocenters. The van der Waals surface area contributed by atoms with Crippen LogP contribution in [0.1, 0.15) is 12.7 Å². The highest BCUT2D eigenvalue weighted by Crippen LogP contribution is 2.23. The van der Waals surface area contributed by atoms with E-state index in [2.05, 4.69) is 15.5 Å². The number of anilines is 2. The number of carbonyl (C=O) groups is 1. The number of hydrogen-bond acceptors (Lipinski definition) is 6. The number of sulfonamides is 1. The number of carbonyl (C=O) groups excluding carboxylic acids is 1. The lowest BCUT2D eigenvalue weighted by Gasteiger charge is -2.22. The first-order valence-corrected chi connectivity index (χ1v) is 13.5. The number of para-hydroxylation sites is 1. The molecule has 4 aromatic rings. The molecular weight excluding hydrogens is 470 g/mol. The Morgan fingerprint density at radius 1 is 1.00 bits per heavy atom. The van der Waals surface area contributed by atoms with Gasteiger partial charge < -0.3 is 9.88 Å². The third kappa shape index (κ3) is 5.57. The van der Waals surface area contributed by atoms with E-state index in [0.29, 0.717) is 23.2 Å². The second-order valence-corrected chi connectivity index (χ2v) is 10.5. The summed E-state index contributed by atoms with van der Waals surface area (Å²) in [5.74, 6) is 0.503. The quantitative estimate of drug-likeness (QED) is 0.351. The minimum absolute atomic E-state index is 0.0491. The van der Waals surface area contributed by atoms with Crippen molar-refractivity contribution in [3.8, 4) is 0 Å². The predicted molar refractivity (Wildman–Crippen MR) is 136 cm³/mol. The van der Waals surface area contributed by atoms with Crippen LogP contribution in [0.5, 0.6) is 0 Å². The van der Waals surface area contributed by atoms with Crippen LogP contribution in [0, 0.1) is 0 Å². The van der Waals surface area contributed by atoms with Gasteiger partial charge in [-0.05, 0) is 42.0 Å². The molecule has 0 atom stereocenters. The number of amides is 1. The summed E-state index contributed by atoms with van der Waals surface area (Å²) in [5.41, 5.74) is 1.29. The van der Waals surface area contributed by atoms with Gasteiger partial charge >= 0.3 is 0 Å².